The number of hydrogen-bond donors (Lipinski definition) is 1. The van der Waals surface area contributed by atoms with Gasteiger partial charge in [0.15, 0.2) is 0 Å². The monoisotopic (exact) mass is 270 g/mol. The molecule has 1 atom stereocenters. The SMILES string of the molecule is N#CC(NC(=O)CCC1CCCCC1)c1ccccc1. The molecule has 1 unspecified atom stereocenters. The van der Waals surface area contributed by atoms with Crippen LogP contribution in [0.15, 0.2) is 30.3 Å². The van der Waals surface area contributed by atoms with Gasteiger partial charge >= 0.3 is 0 Å². The molecule has 0 aromatic heterocycles. The van der Waals surface area contributed by atoms with Gasteiger partial charge in [-0.2, -0.15) is 5.26 Å². The van der Waals surface area contributed by atoms with Crippen molar-refractivity contribution in [3.05, 3.63) is 35.9 Å². The topological polar surface area (TPSA) is 52.9 Å². The minimum absolute atomic E-state index is 0.00836. The first-order valence-corrected chi connectivity index (χ1v) is 7.53. The minimum Gasteiger partial charge on any atom is -0.337 e. The molecule has 1 amide bonds. The maximum atomic E-state index is 12.0. The Labute approximate surface area is 121 Å². The predicted octanol–water partition coefficient (Wildman–Crippen LogP) is 3.73. The van der Waals surface area contributed by atoms with Crippen LogP contribution in [0.4, 0.5) is 0 Å². The van der Waals surface area contributed by atoms with E-state index in [2.05, 4.69) is 11.4 Å². The number of carbonyl (C=O) groups excluding carboxylic acids is 1. The lowest BCUT2D eigenvalue weighted by Gasteiger charge is -2.21. The zero-order valence-corrected chi connectivity index (χ0v) is 11.8. The van der Waals surface area contributed by atoms with Crippen LogP contribution in [-0.2, 0) is 4.79 Å². The van der Waals surface area contributed by atoms with Crippen LogP contribution >= 0.6 is 0 Å². The Balaban J connectivity index is 1.79. The molecule has 0 spiro atoms. The van der Waals surface area contributed by atoms with Crippen LogP contribution in [0.25, 0.3) is 0 Å². The van der Waals surface area contributed by atoms with Gasteiger partial charge in [0.2, 0.25) is 5.91 Å². The molecule has 1 N–H and O–H groups in total. The fourth-order valence-electron chi connectivity index (χ4n) is 2.88. The van der Waals surface area contributed by atoms with E-state index in [0.717, 1.165) is 12.0 Å². The summed E-state index contributed by atoms with van der Waals surface area (Å²) in [5.74, 6) is 0.692. The van der Waals surface area contributed by atoms with E-state index in [9.17, 15) is 10.1 Å². The zero-order valence-electron chi connectivity index (χ0n) is 11.8. The summed E-state index contributed by atoms with van der Waals surface area (Å²) in [6.45, 7) is 0. The van der Waals surface area contributed by atoms with E-state index < -0.39 is 6.04 Å². The van der Waals surface area contributed by atoms with Crippen molar-refractivity contribution in [1.82, 2.24) is 5.32 Å². The Morgan fingerprint density at radius 3 is 2.60 bits per heavy atom. The van der Waals surface area contributed by atoms with Crippen molar-refractivity contribution in [2.24, 2.45) is 5.92 Å². The molecule has 0 saturated heterocycles. The molecular formula is C17H22N2O. The molecule has 0 bridgehead atoms. The Morgan fingerprint density at radius 2 is 1.95 bits per heavy atom. The molecule has 0 radical (unpaired) electrons. The third kappa shape index (κ3) is 4.38. The van der Waals surface area contributed by atoms with Crippen LogP contribution in [0.2, 0.25) is 0 Å². The van der Waals surface area contributed by atoms with Crippen LogP contribution in [-0.4, -0.2) is 5.91 Å². The summed E-state index contributed by atoms with van der Waals surface area (Å²) in [6, 6.07) is 11.0. The molecule has 1 aromatic carbocycles. The number of hydrogen-bond acceptors (Lipinski definition) is 2. The highest BCUT2D eigenvalue weighted by atomic mass is 16.1. The van der Waals surface area contributed by atoms with Crippen molar-refractivity contribution in [3.63, 3.8) is 0 Å². The number of carbonyl (C=O) groups is 1. The molecule has 0 aliphatic heterocycles. The van der Waals surface area contributed by atoms with Gasteiger partial charge in [0.05, 0.1) is 6.07 Å². The van der Waals surface area contributed by atoms with E-state index in [4.69, 9.17) is 0 Å². The van der Waals surface area contributed by atoms with Crippen LogP contribution in [0.3, 0.4) is 0 Å². The number of amides is 1. The van der Waals surface area contributed by atoms with E-state index in [1.165, 1.54) is 32.1 Å². The molecular weight excluding hydrogens is 248 g/mol. The quantitative estimate of drug-likeness (QED) is 0.886. The molecule has 3 nitrogen and oxygen atoms in total. The number of benzene rings is 1. The second kappa shape index (κ2) is 7.69. The van der Waals surface area contributed by atoms with Crippen LogP contribution < -0.4 is 5.32 Å². The fourth-order valence-corrected chi connectivity index (χ4v) is 2.88. The summed E-state index contributed by atoms with van der Waals surface area (Å²) in [4.78, 5) is 12.0. The summed E-state index contributed by atoms with van der Waals surface area (Å²) in [5.41, 5.74) is 0.848. The molecule has 106 valence electrons. The van der Waals surface area contributed by atoms with Crippen molar-refractivity contribution >= 4 is 5.91 Å². The van der Waals surface area contributed by atoms with E-state index in [1.54, 1.807) is 0 Å². The van der Waals surface area contributed by atoms with Crippen LogP contribution in [0.5, 0.6) is 0 Å². The molecule has 1 aliphatic carbocycles. The van der Waals surface area contributed by atoms with Gasteiger partial charge in [-0.3, -0.25) is 4.79 Å². The maximum Gasteiger partial charge on any atom is 0.221 e. The van der Waals surface area contributed by atoms with E-state index in [1.807, 2.05) is 30.3 Å². The van der Waals surface area contributed by atoms with Gasteiger partial charge < -0.3 is 5.32 Å². The molecule has 1 fully saturated rings. The fraction of sp³-hybridized carbons (Fsp3) is 0.529. The number of nitriles is 1. The number of nitrogens with zero attached hydrogens (tertiary/aromatic N) is 1. The van der Waals surface area contributed by atoms with Gasteiger partial charge in [-0.05, 0) is 17.9 Å². The van der Waals surface area contributed by atoms with Crippen molar-refractivity contribution < 1.29 is 4.79 Å². The van der Waals surface area contributed by atoms with Gasteiger partial charge in [-0.25, -0.2) is 0 Å². The zero-order chi connectivity index (χ0) is 14.2. The number of nitrogens with one attached hydrogen (secondary N) is 1. The van der Waals surface area contributed by atoms with Gasteiger partial charge in [-0.1, -0.05) is 62.4 Å². The molecule has 1 aliphatic rings. The molecule has 1 aromatic rings. The number of rotatable bonds is 5. The van der Waals surface area contributed by atoms with Gasteiger partial charge in [0.1, 0.15) is 6.04 Å². The Bertz CT molecular complexity index is 458. The van der Waals surface area contributed by atoms with Crippen molar-refractivity contribution in [2.75, 3.05) is 0 Å². The van der Waals surface area contributed by atoms with Gasteiger partial charge in [0.25, 0.3) is 0 Å². The lowest BCUT2D eigenvalue weighted by molar-refractivity contribution is -0.121. The Kier molecular flexibility index (Phi) is 5.61. The van der Waals surface area contributed by atoms with Crippen molar-refractivity contribution in [2.45, 2.75) is 51.0 Å². The highest BCUT2D eigenvalue weighted by molar-refractivity contribution is 5.76. The smallest absolute Gasteiger partial charge is 0.221 e. The first kappa shape index (κ1) is 14.6. The molecule has 1 saturated carbocycles. The average Bonchev–Trinajstić information content (AvgIpc) is 2.52. The van der Waals surface area contributed by atoms with E-state index >= 15 is 0 Å². The highest BCUT2D eigenvalue weighted by Crippen LogP contribution is 2.27. The van der Waals surface area contributed by atoms with Crippen molar-refractivity contribution in [1.29, 1.82) is 5.26 Å². The van der Waals surface area contributed by atoms with E-state index in [-0.39, 0.29) is 5.91 Å². The third-order valence-corrected chi connectivity index (χ3v) is 4.07. The predicted molar refractivity (Wildman–Crippen MR) is 78.7 cm³/mol. The summed E-state index contributed by atoms with van der Waals surface area (Å²) in [7, 11) is 0. The first-order chi connectivity index (χ1) is 9.79. The largest absolute Gasteiger partial charge is 0.337 e. The summed E-state index contributed by atoms with van der Waals surface area (Å²) >= 11 is 0. The van der Waals surface area contributed by atoms with Crippen LogP contribution in [0, 0.1) is 17.2 Å². The molecule has 2 rings (SSSR count). The second-order valence-corrected chi connectivity index (χ2v) is 5.58. The first-order valence-electron chi connectivity index (χ1n) is 7.53. The summed E-state index contributed by atoms with van der Waals surface area (Å²) in [6.07, 6.45) is 7.96. The molecule has 0 heterocycles. The normalized spacial score (nSPS) is 17.1. The summed E-state index contributed by atoms with van der Waals surface area (Å²) < 4.78 is 0. The maximum absolute atomic E-state index is 12.0. The third-order valence-electron chi connectivity index (χ3n) is 4.07. The van der Waals surface area contributed by atoms with Crippen LogP contribution in [0.1, 0.15) is 56.6 Å². The standard InChI is InChI=1S/C17H22N2O/c18-13-16(15-9-5-2-6-10-15)19-17(20)12-11-14-7-3-1-4-8-14/h2,5-6,9-10,14,16H,1,3-4,7-8,11-12H2,(H,19,20). The lowest BCUT2D eigenvalue weighted by atomic mass is 9.86. The summed E-state index contributed by atoms with van der Waals surface area (Å²) in [5, 5.41) is 12.0. The average molecular weight is 270 g/mol. The van der Waals surface area contributed by atoms with Gasteiger partial charge in [0, 0.05) is 6.42 Å². The van der Waals surface area contributed by atoms with Gasteiger partial charge in [-0.15, -0.1) is 0 Å². The second-order valence-electron chi connectivity index (χ2n) is 5.58. The molecule has 3 heteroatoms. The van der Waals surface area contributed by atoms with Crippen molar-refractivity contribution in [3.8, 4) is 6.07 Å². The Hall–Kier alpha value is -1.82. The minimum atomic E-state index is -0.532. The molecule has 20 heavy (non-hydrogen) atoms. The highest BCUT2D eigenvalue weighted by Gasteiger charge is 2.17. The Morgan fingerprint density at radius 1 is 1.25 bits per heavy atom. The lowest BCUT2D eigenvalue weighted by Crippen LogP contribution is -2.28. The van der Waals surface area contributed by atoms with E-state index in [0.29, 0.717) is 12.3 Å².